The Balaban J connectivity index is 1.99. The van der Waals surface area contributed by atoms with Gasteiger partial charge < -0.3 is 5.32 Å². The number of nitrogens with one attached hydrogen (secondary N) is 2. The van der Waals surface area contributed by atoms with E-state index in [-0.39, 0.29) is 11.7 Å². The molecule has 0 aliphatic carbocycles. The van der Waals surface area contributed by atoms with Crippen LogP contribution >= 0.6 is 11.3 Å². The van der Waals surface area contributed by atoms with E-state index in [0.29, 0.717) is 5.13 Å². The Labute approximate surface area is 118 Å². The second-order valence-electron chi connectivity index (χ2n) is 4.97. The Hall–Kier alpha value is -0.660. The van der Waals surface area contributed by atoms with Gasteiger partial charge in [0.25, 0.3) is 0 Å². The summed E-state index contributed by atoms with van der Waals surface area (Å²) in [5.74, 6) is 0.387. The standard InChI is InChI=1S/C12H21N3O2S2/c1-3-11-9(2)18-12(14-11)15-19(16,17)8-10-5-4-6-13-7-10/h10,13H,3-8H2,1-2H3,(H,14,15). The Kier molecular flexibility index (Phi) is 4.81. The molecule has 108 valence electrons. The molecular formula is C12H21N3O2S2. The van der Waals surface area contributed by atoms with Crippen molar-refractivity contribution < 1.29 is 8.42 Å². The van der Waals surface area contributed by atoms with Gasteiger partial charge in [-0.05, 0) is 45.2 Å². The number of nitrogens with zero attached hydrogens (tertiary/aromatic N) is 1. The molecule has 0 radical (unpaired) electrons. The van der Waals surface area contributed by atoms with E-state index in [4.69, 9.17) is 0 Å². The smallest absolute Gasteiger partial charge is 0.234 e. The molecule has 0 bridgehead atoms. The van der Waals surface area contributed by atoms with Gasteiger partial charge in [-0.3, -0.25) is 4.72 Å². The predicted octanol–water partition coefficient (Wildman–Crippen LogP) is 1.76. The third-order valence-electron chi connectivity index (χ3n) is 3.32. The van der Waals surface area contributed by atoms with Gasteiger partial charge in [0.05, 0.1) is 11.4 Å². The number of thiazole rings is 1. The molecule has 1 aliphatic heterocycles. The first-order valence-electron chi connectivity index (χ1n) is 6.67. The molecule has 2 heterocycles. The van der Waals surface area contributed by atoms with Crippen molar-refractivity contribution in [2.45, 2.75) is 33.1 Å². The van der Waals surface area contributed by atoms with Gasteiger partial charge in [-0.1, -0.05) is 6.92 Å². The van der Waals surface area contributed by atoms with Crippen LogP contribution in [0.1, 0.15) is 30.3 Å². The molecule has 1 unspecified atom stereocenters. The van der Waals surface area contributed by atoms with Crippen LogP contribution in [-0.2, 0) is 16.4 Å². The van der Waals surface area contributed by atoms with Gasteiger partial charge in [-0.25, -0.2) is 13.4 Å². The molecule has 1 aromatic rings. The summed E-state index contributed by atoms with van der Waals surface area (Å²) in [7, 11) is -3.29. The summed E-state index contributed by atoms with van der Waals surface area (Å²) in [6.07, 6.45) is 2.86. The second-order valence-corrected chi connectivity index (χ2v) is 7.94. The van der Waals surface area contributed by atoms with Crippen molar-refractivity contribution in [1.82, 2.24) is 10.3 Å². The van der Waals surface area contributed by atoms with Crippen LogP contribution in [0.3, 0.4) is 0 Å². The predicted molar refractivity (Wildman–Crippen MR) is 79.2 cm³/mol. The number of hydrogen-bond donors (Lipinski definition) is 2. The number of rotatable bonds is 5. The van der Waals surface area contributed by atoms with Gasteiger partial charge in [0, 0.05) is 4.88 Å². The zero-order chi connectivity index (χ0) is 13.9. The van der Waals surface area contributed by atoms with Crippen LogP contribution in [0, 0.1) is 12.8 Å². The van der Waals surface area contributed by atoms with Gasteiger partial charge >= 0.3 is 0 Å². The van der Waals surface area contributed by atoms with E-state index in [0.717, 1.165) is 42.9 Å². The SMILES string of the molecule is CCc1nc(NS(=O)(=O)CC2CCCNC2)sc1C. The summed E-state index contributed by atoms with van der Waals surface area (Å²) in [6, 6.07) is 0. The van der Waals surface area contributed by atoms with Crippen molar-refractivity contribution in [2.24, 2.45) is 5.92 Å². The maximum atomic E-state index is 12.1. The summed E-state index contributed by atoms with van der Waals surface area (Å²) >= 11 is 1.41. The van der Waals surface area contributed by atoms with Crippen molar-refractivity contribution >= 4 is 26.5 Å². The van der Waals surface area contributed by atoms with Crippen LogP contribution in [0.4, 0.5) is 5.13 Å². The quantitative estimate of drug-likeness (QED) is 0.869. The van der Waals surface area contributed by atoms with Crippen molar-refractivity contribution in [1.29, 1.82) is 0 Å². The second kappa shape index (κ2) is 6.19. The summed E-state index contributed by atoms with van der Waals surface area (Å²) < 4.78 is 26.8. The van der Waals surface area contributed by atoms with E-state index in [2.05, 4.69) is 15.0 Å². The third kappa shape index (κ3) is 4.15. The Bertz CT molecular complexity index is 519. The molecule has 1 atom stereocenters. The fourth-order valence-electron chi connectivity index (χ4n) is 2.35. The molecule has 1 aromatic heterocycles. The van der Waals surface area contributed by atoms with Crippen molar-refractivity contribution in [3.8, 4) is 0 Å². The number of hydrogen-bond acceptors (Lipinski definition) is 5. The number of piperidine rings is 1. The van der Waals surface area contributed by atoms with Gasteiger partial charge in [0.2, 0.25) is 10.0 Å². The Morgan fingerprint density at radius 1 is 1.53 bits per heavy atom. The van der Waals surface area contributed by atoms with Crippen LogP contribution in [0.2, 0.25) is 0 Å². The molecule has 2 rings (SSSR count). The van der Waals surface area contributed by atoms with Crippen molar-refractivity contribution in [3.05, 3.63) is 10.6 Å². The molecule has 0 spiro atoms. The lowest BCUT2D eigenvalue weighted by Crippen LogP contribution is -2.35. The highest BCUT2D eigenvalue weighted by atomic mass is 32.2. The fraction of sp³-hybridized carbons (Fsp3) is 0.750. The molecule has 1 saturated heterocycles. The minimum atomic E-state index is -3.29. The zero-order valence-electron chi connectivity index (χ0n) is 11.4. The van der Waals surface area contributed by atoms with Crippen LogP contribution in [-0.4, -0.2) is 32.2 Å². The summed E-state index contributed by atoms with van der Waals surface area (Å²) in [5, 5.41) is 3.74. The molecular weight excluding hydrogens is 282 g/mol. The summed E-state index contributed by atoms with van der Waals surface area (Å²) in [6.45, 7) is 5.78. The highest BCUT2D eigenvalue weighted by Crippen LogP contribution is 2.24. The summed E-state index contributed by atoms with van der Waals surface area (Å²) in [5.41, 5.74) is 0.974. The lowest BCUT2D eigenvalue weighted by molar-refractivity contribution is 0.404. The topological polar surface area (TPSA) is 71.1 Å². The Morgan fingerprint density at radius 2 is 2.32 bits per heavy atom. The zero-order valence-corrected chi connectivity index (χ0v) is 13.0. The molecule has 2 N–H and O–H groups in total. The van der Waals surface area contributed by atoms with Crippen LogP contribution in [0.5, 0.6) is 0 Å². The number of sulfonamides is 1. The van der Waals surface area contributed by atoms with Crippen LogP contribution < -0.4 is 10.0 Å². The average molecular weight is 303 g/mol. The molecule has 1 aliphatic rings. The maximum absolute atomic E-state index is 12.1. The van der Waals surface area contributed by atoms with E-state index in [1.807, 2.05) is 13.8 Å². The number of aromatic nitrogens is 1. The molecule has 0 aromatic carbocycles. The largest absolute Gasteiger partial charge is 0.316 e. The minimum absolute atomic E-state index is 0.181. The van der Waals surface area contributed by atoms with Gasteiger partial charge in [0.15, 0.2) is 5.13 Å². The van der Waals surface area contributed by atoms with E-state index < -0.39 is 10.0 Å². The lowest BCUT2D eigenvalue weighted by atomic mass is 10.0. The molecule has 0 saturated carbocycles. The first-order valence-corrected chi connectivity index (χ1v) is 9.14. The first-order chi connectivity index (χ1) is 9.00. The van der Waals surface area contributed by atoms with Gasteiger partial charge in [-0.2, -0.15) is 0 Å². The van der Waals surface area contributed by atoms with Crippen LogP contribution in [0.25, 0.3) is 0 Å². The van der Waals surface area contributed by atoms with E-state index in [9.17, 15) is 8.42 Å². The van der Waals surface area contributed by atoms with Crippen molar-refractivity contribution in [3.63, 3.8) is 0 Å². The van der Waals surface area contributed by atoms with Gasteiger partial charge in [0.1, 0.15) is 0 Å². The molecule has 5 nitrogen and oxygen atoms in total. The minimum Gasteiger partial charge on any atom is -0.316 e. The van der Waals surface area contributed by atoms with Crippen molar-refractivity contribution in [2.75, 3.05) is 23.6 Å². The van der Waals surface area contributed by atoms with E-state index >= 15 is 0 Å². The molecule has 1 fully saturated rings. The number of aryl methyl sites for hydroxylation is 2. The highest BCUT2D eigenvalue weighted by Gasteiger charge is 2.22. The lowest BCUT2D eigenvalue weighted by Gasteiger charge is -2.22. The van der Waals surface area contributed by atoms with Crippen LogP contribution in [0.15, 0.2) is 0 Å². The monoisotopic (exact) mass is 303 g/mol. The van der Waals surface area contributed by atoms with E-state index in [1.54, 1.807) is 0 Å². The van der Waals surface area contributed by atoms with Gasteiger partial charge in [-0.15, -0.1) is 11.3 Å². The molecule has 7 heteroatoms. The Morgan fingerprint density at radius 3 is 2.89 bits per heavy atom. The number of anilines is 1. The average Bonchev–Trinajstić information content (AvgIpc) is 2.69. The third-order valence-corrected chi connectivity index (χ3v) is 5.80. The first kappa shape index (κ1) is 14.7. The van der Waals surface area contributed by atoms with E-state index in [1.165, 1.54) is 11.3 Å². The summed E-state index contributed by atoms with van der Waals surface area (Å²) in [4.78, 5) is 5.40. The normalized spacial score (nSPS) is 20.4. The highest BCUT2D eigenvalue weighted by molar-refractivity contribution is 7.92. The molecule has 19 heavy (non-hydrogen) atoms. The fourth-order valence-corrected chi connectivity index (χ4v) is 4.95. The maximum Gasteiger partial charge on any atom is 0.234 e. The molecule has 0 amide bonds.